The first-order chi connectivity index (χ1) is 7.30. The van der Waals surface area contributed by atoms with Crippen LogP contribution in [0.1, 0.15) is 5.89 Å². The van der Waals surface area contributed by atoms with Crippen molar-refractivity contribution in [3.05, 3.63) is 5.89 Å². The maximum Gasteiger partial charge on any atom is 0.403 e. The van der Waals surface area contributed by atoms with Gasteiger partial charge >= 0.3 is 12.1 Å². The molecule has 1 heterocycles. The SMILES string of the molecule is Cc1nnc(SCC(C(=O)O)C(F)(F)F)o1. The third-order valence-electron chi connectivity index (χ3n) is 1.57. The molecule has 1 unspecified atom stereocenters. The van der Waals surface area contributed by atoms with Gasteiger partial charge in [0.1, 0.15) is 0 Å². The summed E-state index contributed by atoms with van der Waals surface area (Å²) in [6.45, 7) is 1.48. The summed E-state index contributed by atoms with van der Waals surface area (Å²) in [5.74, 6) is -4.84. The smallest absolute Gasteiger partial charge is 0.403 e. The van der Waals surface area contributed by atoms with E-state index in [9.17, 15) is 18.0 Å². The van der Waals surface area contributed by atoms with E-state index in [4.69, 9.17) is 9.52 Å². The Hall–Kier alpha value is -1.25. The Balaban J connectivity index is 2.61. The number of carboxylic acids is 1. The zero-order valence-electron chi connectivity index (χ0n) is 7.98. The van der Waals surface area contributed by atoms with E-state index in [2.05, 4.69) is 10.2 Å². The summed E-state index contributed by atoms with van der Waals surface area (Å²) in [5.41, 5.74) is 0. The zero-order chi connectivity index (χ0) is 12.3. The molecule has 9 heteroatoms. The molecule has 0 radical (unpaired) electrons. The van der Waals surface area contributed by atoms with Gasteiger partial charge in [0.05, 0.1) is 0 Å². The topological polar surface area (TPSA) is 76.2 Å². The van der Waals surface area contributed by atoms with Crippen LogP contribution in [0.25, 0.3) is 0 Å². The highest BCUT2D eigenvalue weighted by atomic mass is 32.2. The van der Waals surface area contributed by atoms with Gasteiger partial charge in [-0.15, -0.1) is 10.2 Å². The second-order valence-corrected chi connectivity index (χ2v) is 3.80. The predicted molar refractivity (Wildman–Crippen MR) is 46.9 cm³/mol. The lowest BCUT2D eigenvalue weighted by atomic mass is 10.2. The molecule has 5 nitrogen and oxygen atoms in total. The highest BCUT2D eigenvalue weighted by molar-refractivity contribution is 7.99. The Morgan fingerprint density at radius 1 is 1.56 bits per heavy atom. The van der Waals surface area contributed by atoms with Gasteiger partial charge in [-0.05, 0) is 0 Å². The molecule has 0 fully saturated rings. The zero-order valence-corrected chi connectivity index (χ0v) is 8.80. The van der Waals surface area contributed by atoms with Gasteiger partial charge in [-0.1, -0.05) is 11.8 Å². The minimum atomic E-state index is -4.78. The summed E-state index contributed by atoms with van der Waals surface area (Å²) in [7, 11) is 0. The van der Waals surface area contributed by atoms with E-state index in [1.54, 1.807) is 0 Å². The second kappa shape index (κ2) is 4.73. The minimum Gasteiger partial charge on any atom is -0.481 e. The van der Waals surface area contributed by atoms with E-state index in [-0.39, 0.29) is 11.1 Å². The van der Waals surface area contributed by atoms with E-state index < -0.39 is 23.8 Å². The number of aryl methyl sites for hydroxylation is 1. The molecular formula is C7H7F3N2O3S. The van der Waals surface area contributed by atoms with Crippen LogP contribution in [0.4, 0.5) is 13.2 Å². The van der Waals surface area contributed by atoms with Crippen LogP contribution < -0.4 is 0 Å². The van der Waals surface area contributed by atoms with Crippen LogP contribution in [-0.2, 0) is 4.79 Å². The Bertz CT molecular complexity index is 379. The largest absolute Gasteiger partial charge is 0.481 e. The molecule has 1 N–H and O–H groups in total. The number of carbonyl (C=O) groups is 1. The summed E-state index contributed by atoms with van der Waals surface area (Å²) in [6.07, 6.45) is -4.78. The highest BCUT2D eigenvalue weighted by Crippen LogP contribution is 2.31. The number of hydrogen-bond acceptors (Lipinski definition) is 5. The Morgan fingerprint density at radius 2 is 2.19 bits per heavy atom. The molecule has 1 aromatic rings. The molecule has 0 saturated heterocycles. The number of thioether (sulfide) groups is 1. The van der Waals surface area contributed by atoms with Gasteiger partial charge in [0.2, 0.25) is 5.89 Å². The van der Waals surface area contributed by atoms with Crippen LogP contribution in [-0.4, -0.2) is 33.2 Å². The first-order valence-electron chi connectivity index (χ1n) is 4.03. The normalized spacial score (nSPS) is 13.8. The van der Waals surface area contributed by atoms with Gasteiger partial charge in [-0.25, -0.2) is 0 Å². The number of rotatable bonds is 4. The Morgan fingerprint density at radius 3 is 2.56 bits per heavy atom. The molecule has 0 amide bonds. The average molecular weight is 256 g/mol. The van der Waals surface area contributed by atoms with Crippen molar-refractivity contribution in [2.45, 2.75) is 18.3 Å². The van der Waals surface area contributed by atoms with Gasteiger partial charge in [-0.3, -0.25) is 4.79 Å². The van der Waals surface area contributed by atoms with Crippen LogP contribution in [0.15, 0.2) is 9.64 Å². The molecule has 0 aliphatic carbocycles. The van der Waals surface area contributed by atoms with Gasteiger partial charge < -0.3 is 9.52 Å². The fraction of sp³-hybridized carbons (Fsp3) is 0.571. The molecule has 90 valence electrons. The molecule has 1 aromatic heterocycles. The number of aliphatic carboxylic acids is 1. The maximum absolute atomic E-state index is 12.2. The summed E-state index contributed by atoms with van der Waals surface area (Å²) in [6, 6.07) is 0. The fourth-order valence-corrected chi connectivity index (χ4v) is 1.72. The van der Waals surface area contributed by atoms with Crippen molar-refractivity contribution in [2.75, 3.05) is 5.75 Å². The number of hydrogen-bond donors (Lipinski definition) is 1. The van der Waals surface area contributed by atoms with Gasteiger partial charge in [0.15, 0.2) is 5.92 Å². The average Bonchev–Trinajstić information content (AvgIpc) is 2.48. The van der Waals surface area contributed by atoms with Gasteiger partial charge in [0, 0.05) is 12.7 Å². The number of carboxylic acid groups (broad SMARTS) is 1. The van der Waals surface area contributed by atoms with Crippen molar-refractivity contribution in [3.8, 4) is 0 Å². The third-order valence-corrected chi connectivity index (χ3v) is 2.49. The first-order valence-corrected chi connectivity index (χ1v) is 5.01. The summed E-state index contributed by atoms with van der Waals surface area (Å²) in [5, 5.41) is 15.2. The quantitative estimate of drug-likeness (QED) is 0.827. The van der Waals surface area contributed by atoms with Crippen molar-refractivity contribution < 1.29 is 27.5 Å². The molecular weight excluding hydrogens is 249 g/mol. The highest BCUT2D eigenvalue weighted by Gasteiger charge is 2.45. The number of aromatic nitrogens is 2. The van der Waals surface area contributed by atoms with Crippen molar-refractivity contribution in [1.29, 1.82) is 0 Å². The van der Waals surface area contributed by atoms with E-state index in [0.717, 1.165) is 0 Å². The van der Waals surface area contributed by atoms with Crippen molar-refractivity contribution in [2.24, 2.45) is 5.92 Å². The van der Waals surface area contributed by atoms with Crippen LogP contribution >= 0.6 is 11.8 Å². The molecule has 0 aliphatic heterocycles. The molecule has 0 aromatic carbocycles. The molecule has 16 heavy (non-hydrogen) atoms. The van der Waals surface area contributed by atoms with E-state index in [1.807, 2.05) is 0 Å². The van der Waals surface area contributed by atoms with Crippen LogP contribution in [0.5, 0.6) is 0 Å². The number of halogens is 3. The monoisotopic (exact) mass is 256 g/mol. The fourth-order valence-electron chi connectivity index (χ4n) is 0.797. The molecule has 0 bridgehead atoms. The van der Waals surface area contributed by atoms with E-state index in [0.29, 0.717) is 11.8 Å². The lowest BCUT2D eigenvalue weighted by molar-refractivity contribution is -0.188. The van der Waals surface area contributed by atoms with E-state index >= 15 is 0 Å². The first kappa shape index (κ1) is 12.8. The summed E-state index contributed by atoms with van der Waals surface area (Å²) in [4.78, 5) is 10.4. The van der Waals surface area contributed by atoms with Crippen LogP contribution in [0.2, 0.25) is 0 Å². The van der Waals surface area contributed by atoms with Crippen molar-refractivity contribution in [3.63, 3.8) is 0 Å². The van der Waals surface area contributed by atoms with E-state index in [1.165, 1.54) is 6.92 Å². The minimum absolute atomic E-state index is 0.0759. The van der Waals surface area contributed by atoms with Gasteiger partial charge in [0.25, 0.3) is 5.22 Å². The summed E-state index contributed by atoms with van der Waals surface area (Å²) >= 11 is 0.563. The lowest BCUT2D eigenvalue weighted by Crippen LogP contribution is -2.32. The molecule has 0 saturated carbocycles. The molecule has 0 spiro atoms. The van der Waals surface area contributed by atoms with Crippen molar-refractivity contribution >= 4 is 17.7 Å². The molecule has 0 aliphatic rings. The summed E-state index contributed by atoms with van der Waals surface area (Å²) < 4.78 is 41.5. The number of nitrogens with zero attached hydrogens (tertiary/aromatic N) is 2. The third kappa shape index (κ3) is 3.40. The van der Waals surface area contributed by atoms with Gasteiger partial charge in [-0.2, -0.15) is 13.2 Å². The Labute approximate surface area is 92.0 Å². The van der Waals surface area contributed by atoms with Crippen LogP contribution in [0.3, 0.4) is 0 Å². The molecule has 1 atom stereocenters. The Kier molecular flexibility index (Phi) is 3.79. The van der Waals surface area contributed by atoms with Crippen molar-refractivity contribution in [1.82, 2.24) is 10.2 Å². The standard InChI is InChI=1S/C7H7F3N2O3S/c1-3-11-12-6(15-3)16-2-4(5(13)14)7(8,9)10/h4H,2H2,1H3,(H,13,14). The van der Waals surface area contributed by atoms with Crippen LogP contribution in [0, 0.1) is 12.8 Å². The lowest BCUT2D eigenvalue weighted by Gasteiger charge is -2.14. The maximum atomic E-state index is 12.2. The number of alkyl halides is 3. The second-order valence-electron chi connectivity index (χ2n) is 2.83. The predicted octanol–water partition coefficient (Wildman–Crippen LogP) is 1.73. The molecule has 1 rings (SSSR count).